The van der Waals surface area contributed by atoms with Crippen LogP contribution in [0, 0.1) is 10.1 Å². The van der Waals surface area contributed by atoms with Crippen molar-refractivity contribution in [1.29, 1.82) is 0 Å². The van der Waals surface area contributed by atoms with Gasteiger partial charge in [0.1, 0.15) is 5.82 Å². The van der Waals surface area contributed by atoms with E-state index in [2.05, 4.69) is 25.3 Å². The third-order valence-electron chi connectivity index (χ3n) is 4.99. The number of rotatable bonds is 7. The number of hydrogen-bond donors (Lipinski definition) is 1. The van der Waals surface area contributed by atoms with E-state index in [1.165, 1.54) is 36.0 Å². The lowest BCUT2D eigenvalue weighted by molar-refractivity contribution is -0.384. The molecule has 3 aromatic rings. The molecule has 1 saturated heterocycles. The Kier molecular flexibility index (Phi) is 5.79. The number of nitro benzene ring substituents is 1. The Morgan fingerprint density at radius 1 is 1.23 bits per heavy atom. The first-order valence-corrected chi connectivity index (χ1v) is 10.8. The molecule has 1 aromatic carbocycles. The lowest BCUT2D eigenvalue weighted by atomic mass is 10.2. The van der Waals surface area contributed by atoms with Gasteiger partial charge in [0.2, 0.25) is 0 Å². The number of nitrogens with one attached hydrogen (secondary N) is 1. The maximum absolute atomic E-state index is 12.3. The van der Waals surface area contributed by atoms with Crippen molar-refractivity contribution >= 4 is 40.2 Å². The number of amides is 1. The van der Waals surface area contributed by atoms with E-state index in [9.17, 15) is 14.9 Å². The van der Waals surface area contributed by atoms with Gasteiger partial charge in [0, 0.05) is 37.3 Å². The molecule has 2 aromatic heterocycles. The molecule has 0 bridgehead atoms. The minimum Gasteiger partial charge on any atom is -0.356 e. The van der Waals surface area contributed by atoms with Gasteiger partial charge in [-0.2, -0.15) is 5.10 Å². The molecule has 1 aliphatic heterocycles. The van der Waals surface area contributed by atoms with Gasteiger partial charge in [-0.05, 0) is 31.2 Å². The monoisotopic (exact) mass is 427 g/mol. The first-order chi connectivity index (χ1) is 14.6. The van der Waals surface area contributed by atoms with Gasteiger partial charge >= 0.3 is 0 Å². The van der Waals surface area contributed by atoms with Gasteiger partial charge < -0.3 is 10.2 Å². The number of carbonyl (C=O) groups is 1. The molecule has 0 radical (unpaired) electrons. The highest BCUT2D eigenvalue weighted by molar-refractivity contribution is 7.98. The Balaban J connectivity index is 1.47. The summed E-state index contributed by atoms with van der Waals surface area (Å²) in [5.74, 6) is 0.626. The highest BCUT2D eigenvalue weighted by Crippen LogP contribution is 2.28. The summed E-state index contributed by atoms with van der Waals surface area (Å²) in [6, 6.07) is 5.52. The number of carbonyl (C=O) groups excluding carboxylic acids is 1. The van der Waals surface area contributed by atoms with Gasteiger partial charge in [-0.25, -0.2) is 14.6 Å². The minimum absolute atomic E-state index is 0.0485. The summed E-state index contributed by atoms with van der Waals surface area (Å²) in [6.07, 6.45) is 6.04. The molecule has 3 heterocycles. The molecule has 4 rings (SSSR count). The van der Waals surface area contributed by atoms with Gasteiger partial charge in [-0.3, -0.25) is 14.9 Å². The molecule has 1 aliphatic rings. The van der Waals surface area contributed by atoms with Crippen LogP contribution >= 0.6 is 11.8 Å². The predicted molar refractivity (Wildman–Crippen MR) is 114 cm³/mol. The van der Waals surface area contributed by atoms with Crippen molar-refractivity contribution in [3.8, 4) is 0 Å². The SMILES string of the molecule is CSc1nc(N2CCCC2)c2cnn(CCNC(=O)c3ccc([N+](=O)[O-])cc3)c2n1. The first-order valence-electron chi connectivity index (χ1n) is 9.62. The highest BCUT2D eigenvalue weighted by atomic mass is 32.2. The maximum atomic E-state index is 12.3. The van der Waals surface area contributed by atoms with Crippen LogP contribution in [-0.4, -0.2) is 56.5 Å². The smallest absolute Gasteiger partial charge is 0.269 e. The maximum Gasteiger partial charge on any atom is 0.269 e. The van der Waals surface area contributed by atoms with Crippen molar-refractivity contribution in [2.24, 2.45) is 0 Å². The number of nitro groups is 1. The lowest BCUT2D eigenvalue weighted by Crippen LogP contribution is -2.27. The number of benzene rings is 1. The molecule has 1 amide bonds. The van der Waals surface area contributed by atoms with Crippen LogP contribution in [0.3, 0.4) is 0 Å². The van der Waals surface area contributed by atoms with Crippen molar-refractivity contribution in [3.05, 3.63) is 46.1 Å². The molecule has 11 heteroatoms. The Morgan fingerprint density at radius 2 is 1.97 bits per heavy atom. The summed E-state index contributed by atoms with van der Waals surface area (Å²) >= 11 is 1.49. The molecule has 0 atom stereocenters. The van der Waals surface area contributed by atoms with Gasteiger partial charge in [-0.15, -0.1) is 0 Å². The third-order valence-corrected chi connectivity index (χ3v) is 5.54. The van der Waals surface area contributed by atoms with Gasteiger partial charge in [0.15, 0.2) is 10.8 Å². The average molecular weight is 427 g/mol. The van der Waals surface area contributed by atoms with Crippen LogP contribution < -0.4 is 10.2 Å². The van der Waals surface area contributed by atoms with Crippen LogP contribution in [0.15, 0.2) is 35.6 Å². The summed E-state index contributed by atoms with van der Waals surface area (Å²) in [5, 5.41) is 19.6. The lowest BCUT2D eigenvalue weighted by Gasteiger charge is -2.17. The van der Waals surface area contributed by atoms with E-state index in [0.717, 1.165) is 42.8 Å². The van der Waals surface area contributed by atoms with Crippen molar-refractivity contribution in [2.75, 3.05) is 30.8 Å². The minimum atomic E-state index is -0.494. The number of fused-ring (bicyclic) bond motifs is 1. The van der Waals surface area contributed by atoms with Crippen molar-refractivity contribution in [1.82, 2.24) is 25.1 Å². The third kappa shape index (κ3) is 4.06. The molecule has 156 valence electrons. The summed E-state index contributed by atoms with van der Waals surface area (Å²) in [4.78, 5) is 34.1. The number of hydrogen-bond acceptors (Lipinski definition) is 8. The fourth-order valence-electron chi connectivity index (χ4n) is 3.46. The number of non-ortho nitro benzene ring substituents is 1. The normalized spacial score (nSPS) is 13.7. The Bertz CT molecular complexity index is 1080. The second kappa shape index (κ2) is 8.66. The fraction of sp³-hybridized carbons (Fsp3) is 0.368. The quantitative estimate of drug-likeness (QED) is 0.264. The first kappa shape index (κ1) is 20.1. The average Bonchev–Trinajstić information content (AvgIpc) is 3.43. The molecule has 0 spiro atoms. The van der Waals surface area contributed by atoms with Crippen molar-refractivity contribution < 1.29 is 9.72 Å². The molecule has 0 saturated carbocycles. The summed E-state index contributed by atoms with van der Waals surface area (Å²) in [6.45, 7) is 2.77. The number of nitrogens with zero attached hydrogens (tertiary/aromatic N) is 6. The highest BCUT2D eigenvalue weighted by Gasteiger charge is 2.20. The van der Waals surface area contributed by atoms with Crippen LogP contribution in [0.2, 0.25) is 0 Å². The Labute approximate surface area is 176 Å². The zero-order valence-electron chi connectivity index (χ0n) is 16.4. The van der Waals surface area contributed by atoms with Crippen molar-refractivity contribution in [3.63, 3.8) is 0 Å². The van der Waals surface area contributed by atoms with E-state index >= 15 is 0 Å². The zero-order chi connectivity index (χ0) is 21.1. The molecule has 1 fully saturated rings. The van der Waals surface area contributed by atoms with E-state index in [-0.39, 0.29) is 11.6 Å². The molecule has 0 aliphatic carbocycles. The molecule has 30 heavy (non-hydrogen) atoms. The number of thioether (sulfide) groups is 1. The summed E-state index contributed by atoms with van der Waals surface area (Å²) in [7, 11) is 0. The number of anilines is 1. The molecule has 0 unspecified atom stereocenters. The van der Waals surface area contributed by atoms with E-state index in [1.807, 2.05) is 6.26 Å². The molecular formula is C19H21N7O3S. The summed E-state index contributed by atoms with van der Waals surface area (Å²) < 4.78 is 1.77. The largest absolute Gasteiger partial charge is 0.356 e. The second-order valence-corrected chi connectivity index (χ2v) is 7.67. The van der Waals surface area contributed by atoms with Gasteiger partial charge in [0.05, 0.1) is 23.1 Å². The Hall–Kier alpha value is -3.21. The van der Waals surface area contributed by atoms with E-state index in [0.29, 0.717) is 23.8 Å². The van der Waals surface area contributed by atoms with Crippen LogP contribution in [0.25, 0.3) is 11.0 Å². The molecule has 10 nitrogen and oxygen atoms in total. The molecule has 1 N–H and O–H groups in total. The standard InChI is InChI=1S/C19H21N7O3S/c1-30-19-22-16(24-9-2-3-10-24)15-12-21-25(17(15)23-19)11-8-20-18(27)13-4-6-14(7-5-13)26(28)29/h4-7,12H,2-3,8-11H2,1H3,(H,20,27). The van der Waals surface area contributed by atoms with Gasteiger partial charge in [0.25, 0.3) is 11.6 Å². The van der Waals surface area contributed by atoms with Crippen LogP contribution in [0.4, 0.5) is 11.5 Å². The Morgan fingerprint density at radius 3 is 2.63 bits per heavy atom. The van der Waals surface area contributed by atoms with Crippen LogP contribution in [-0.2, 0) is 6.54 Å². The van der Waals surface area contributed by atoms with Gasteiger partial charge in [-0.1, -0.05) is 11.8 Å². The van der Waals surface area contributed by atoms with Crippen molar-refractivity contribution in [2.45, 2.75) is 24.5 Å². The van der Waals surface area contributed by atoms with Crippen LogP contribution in [0.1, 0.15) is 23.2 Å². The molecular weight excluding hydrogens is 406 g/mol. The second-order valence-electron chi connectivity index (χ2n) is 6.89. The number of aromatic nitrogens is 4. The van der Waals surface area contributed by atoms with E-state index in [4.69, 9.17) is 0 Å². The van der Waals surface area contributed by atoms with E-state index in [1.54, 1.807) is 10.9 Å². The zero-order valence-corrected chi connectivity index (χ0v) is 17.3. The fourth-order valence-corrected chi connectivity index (χ4v) is 3.81. The topological polar surface area (TPSA) is 119 Å². The predicted octanol–water partition coefficient (Wildman–Crippen LogP) is 2.49. The summed E-state index contributed by atoms with van der Waals surface area (Å²) in [5.41, 5.74) is 1.07. The van der Waals surface area contributed by atoms with E-state index < -0.39 is 4.92 Å². The van der Waals surface area contributed by atoms with Crippen LogP contribution in [0.5, 0.6) is 0 Å².